The summed E-state index contributed by atoms with van der Waals surface area (Å²) in [5.74, 6) is 1.06. The minimum atomic E-state index is 0.820. The van der Waals surface area contributed by atoms with Crippen molar-refractivity contribution in [2.75, 3.05) is 43.9 Å². The molecule has 0 radical (unpaired) electrons. The van der Waals surface area contributed by atoms with Gasteiger partial charge in [0.25, 0.3) is 0 Å². The summed E-state index contributed by atoms with van der Waals surface area (Å²) < 4.78 is 1.99. The topological polar surface area (TPSA) is 50.3 Å². The van der Waals surface area contributed by atoms with Gasteiger partial charge in [-0.15, -0.1) is 0 Å². The average molecular weight is 251 g/mol. The van der Waals surface area contributed by atoms with E-state index in [1.54, 1.807) is 0 Å². The molecule has 102 valence electrons. The smallest absolute Gasteiger partial charge is 0.150 e. The number of nitrogens with two attached hydrogens (primary N) is 1. The Labute approximate surface area is 110 Å². The van der Waals surface area contributed by atoms with Crippen molar-refractivity contribution >= 4 is 11.5 Å². The Morgan fingerprint density at radius 3 is 2.61 bits per heavy atom. The van der Waals surface area contributed by atoms with E-state index in [2.05, 4.69) is 28.9 Å². The molecule has 0 spiro atoms. The molecule has 18 heavy (non-hydrogen) atoms. The van der Waals surface area contributed by atoms with Crippen LogP contribution in [0.2, 0.25) is 0 Å². The van der Waals surface area contributed by atoms with E-state index in [4.69, 9.17) is 5.73 Å². The summed E-state index contributed by atoms with van der Waals surface area (Å²) in [6.07, 6.45) is 2.69. The highest BCUT2D eigenvalue weighted by Gasteiger charge is 2.17. The zero-order valence-corrected chi connectivity index (χ0v) is 11.8. The van der Waals surface area contributed by atoms with Crippen LogP contribution in [-0.2, 0) is 6.54 Å². The molecule has 0 unspecified atom stereocenters. The number of likely N-dealkylation sites (tertiary alicyclic amines) is 1. The van der Waals surface area contributed by atoms with Crippen LogP contribution in [0.15, 0.2) is 0 Å². The maximum atomic E-state index is 6.13. The lowest BCUT2D eigenvalue weighted by Gasteiger charge is -2.24. The van der Waals surface area contributed by atoms with Gasteiger partial charge in [-0.1, -0.05) is 0 Å². The van der Waals surface area contributed by atoms with E-state index in [-0.39, 0.29) is 0 Å². The SMILES string of the molecule is CCn1nc(C)c(N)c1N(C)CCN1CCCC1. The van der Waals surface area contributed by atoms with Gasteiger partial charge in [0.1, 0.15) is 5.82 Å². The van der Waals surface area contributed by atoms with E-state index in [0.29, 0.717) is 0 Å². The number of hydrogen-bond acceptors (Lipinski definition) is 4. The monoisotopic (exact) mass is 251 g/mol. The predicted octanol–water partition coefficient (Wildman–Crippen LogP) is 1.33. The summed E-state index contributed by atoms with van der Waals surface area (Å²) in [6.45, 7) is 9.55. The number of anilines is 2. The minimum absolute atomic E-state index is 0.820. The Bertz CT molecular complexity index is 392. The van der Waals surface area contributed by atoms with Gasteiger partial charge in [-0.05, 0) is 39.8 Å². The van der Waals surface area contributed by atoms with Crippen molar-refractivity contribution in [2.24, 2.45) is 0 Å². The maximum Gasteiger partial charge on any atom is 0.150 e. The van der Waals surface area contributed by atoms with E-state index in [1.165, 1.54) is 25.9 Å². The molecule has 2 heterocycles. The first-order chi connectivity index (χ1) is 8.63. The molecular weight excluding hydrogens is 226 g/mol. The molecule has 1 saturated heterocycles. The number of nitrogens with zero attached hydrogens (tertiary/aromatic N) is 4. The normalized spacial score (nSPS) is 16.4. The summed E-state index contributed by atoms with van der Waals surface area (Å²) in [6, 6.07) is 0. The largest absolute Gasteiger partial charge is 0.394 e. The summed E-state index contributed by atoms with van der Waals surface area (Å²) in [5.41, 5.74) is 7.88. The Kier molecular flexibility index (Phi) is 4.11. The lowest BCUT2D eigenvalue weighted by Crippen LogP contribution is -2.32. The Hall–Kier alpha value is -1.23. The van der Waals surface area contributed by atoms with Gasteiger partial charge in [0, 0.05) is 26.7 Å². The molecule has 0 saturated carbocycles. The summed E-state index contributed by atoms with van der Waals surface area (Å²) >= 11 is 0. The minimum Gasteiger partial charge on any atom is -0.394 e. The molecule has 0 amide bonds. The Morgan fingerprint density at radius 2 is 2.00 bits per heavy atom. The van der Waals surface area contributed by atoms with Crippen LogP contribution in [0.5, 0.6) is 0 Å². The Balaban J connectivity index is 2.00. The fraction of sp³-hybridized carbons (Fsp3) is 0.769. The molecule has 2 N–H and O–H groups in total. The fourth-order valence-corrected chi connectivity index (χ4v) is 2.61. The summed E-state index contributed by atoms with van der Waals surface area (Å²) in [7, 11) is 2.11. The van der Waals surface area contributed by atoms with E-state index >= 15 is 0 Å². The number of rotatable bonds is 5. The van der Waals surface area contributed by atoms with E-state index in [1.807, 2.05) is 11.6 Å². The van der Waals surface area contributed by atoms with Crippen molar-refractivity contribution in [3.63, 3.8) is 0 Å². The van der Waals surface area contributed by atoms with E-state index in [9.17, 15) is 0 Å². The first-order valence-electron chi connectivity index (χ1n) is 6.89. The molecule has 1 aromatic heterocycles. The average Bonchev–Trinajstić information content (AvgIpc) is 2.96. The molecule has 1 aromatic rings. The highest BCUT2D eigenvalue weighted by Crippen LogP contribution is 2.25. The van der Waals surface area contributed by atoms with Crippen LogP contribution in [0.25, 0.3) is 0 Å². The number of aromatic nitrogens is 2. The van der Waals surface area contributed by atoms with Crippen molar-refractivity contribution in [3.8, 4) is 0 Å². The first kappa shape index (κ1) is 13.2. The first-order valence-corrected chi connectivity index (χ1v) is 6.89. The zero-order chi connectivity index (χ0) is 13.1. The summed E-state index contributed by atoms with van der Waals surface area (Å²) in [5, 5.41) is 4.47. The molecule has 1 aliphatic rings. The third-order valence-corrected chi connectivity index (χ3v) is 3.76. The van der Waals surface area contributed by atoms with Crippen LogP contribution >= 0.6 is 0 Å². The predicted molar refractivity (Wildman–Crippen MR) is 76.0 cm³/mol. The standard InChI is InChI=1S/C13H25N5/c1-4-18-13(12(14)11(2)15-18)16(3)9-10-17-7-5-6-8-17/h4-10,14H2,1-3H3. The Morgan fingerprint density at radius 1 is 1.33 bits per heavy atom. The van der Waals surface area contributed by atoms with Crippen molar-refractivity contribution in [1.29, 1.82) is 0 Å². The van der Waals surface area contributed by atoms with Crippen molar-refractivity contribution in [1.82, 2.24) is 14.7 Å². The summed E-state index contributed by atoms with van der Waals surface area (Å²) in [4.78, 5) is 4.75. The van der Waals surface area contributed by atoms with Crippen LogP contribution in [0.4, 0.5) is 11.5 Å². The fourth-order valence-electron chi connectivity index (χ4n) is 2.61. The van der Waals surface area contributed by atoms with E-state index in [0.717, 1.165) is 36.8 Å². The number of nitrogen functional groups attached to an aromatic ring is 1. The van der Waals surface area contributed by atoms with Gasteiger partial charge < -0.3 is 15.5 Å². The van der Waals surface area contributed by atoms with E-state index < -0.39 is 0 Å². The molecule has 1 aliphatic heterocycles. The van der Waals surface area contributed by atoms with Crippen LogP contribution in [0.1, 0.15) is 25.5 Å². The second kappa shape index (κ2) is 5.61. The van der Waals surface area contributed by atoms with Gasteiger partial charge in [0.2, 0.25) is 0 Å². The van der Waals surface area contributed by atoms with Gasteiger partial charge in [-0.25, -0.2) is 4.68 Å². The van der Waals surface area contributed by atoms with Gasteiger partial charge in [0.05, 0.1) is 11.4 Å². The van der Waals surface area contributed by atoms with Gasteiger partial charge in [-0.3, -0.25) is 0 Å². The third-order valence-electron chi connectivity index (χ3n) is 3.76. The lowest BCUT2D eigenvalue weighted by atomic mass is 10.3. The molecule has 0 aromatic carbocycles. The molecule has 1 fully saturated rings. The number of aryl methyl sites for hydroxylation is 2. The maximum absolute atomic E-state index is 6.13. The molecule has 2 rings (SSSR count). The number of likely N-dealkylation sites (N-methyl/N-ethyl adjacent to an activating group) is 1. The van der Waals surface area contributed by atoms with Crippen LogP contribution in [0.3, 0.4) is 0 Å². The highest BCUT2D eigenvalue weighted by molar-refractivity contribution is 5.65. The van der Waals surface area contributed by atoms with Crippen molar-refractivity contribution < 1.29 is 0 Å². The quantitative estimate of drug-likeness (QED) is 0.857. The van der Waals surface area contributed by atoms with Gasteiger partial charge >= 0.3 is 0 Å². The second-order valence-electron chi connectivity index (χ2n) is 5.11. The van der Waals surface area contributed by atoms with Crippen molar-refractivity contribution in [2.45, 2.75) is 33.2 Å². The zero-order valence-electron chi connectivity index (χ0n) is 11.8. The molecule has 0 aliphatic carbocycles. The lowest BCUT2D eigenvalue weighted by molar-refractivity contribution is 0.346. The number of hydrogen-bond donors (Lipinski definition) is 1. The third kappa shape index (κ3) is 2.61. The van der Waals surface area contributed by atoms with Gasteiger partial charge in [0.15, 0.2) is 0 Å². The molecule has 0 bridgehead atoms. The van der Waals surface area contributed by atoms with Gasteiger partial charge in [-0.2, -0.15) is 5.10 Å². The van der Waals surface area contributed by atoms with Crippen LogP contribution < -0.4 is 10.6 Å². The highest BCUT2D eigenvalue weighted by atomic mass is 15.4. The molecular formula is C13H25N5. The van der Waals surface area contributed by atoms with Crippen LogP contribution in [-0.4, -0.2) is 47.9 Å². The van der Waals surface area contributed by atoms with Crippen molar-refractivity contribution in [3.05, 3.63) is 5.69 Å². The second-order valence-corrected chi connectivity index (χ2v) is 5.11. The molecule has 5 nitrogen and oxygen atoms in total. The van der Waals surface area contributed by atoms with Crippen LogP contribution in [0, 0.1) is 6.92 Å². The molecule has 5 heteroatoms. The molecule has 0 atom stereocenters.